The van der Waals surface area contributed by atoms with E-state index in [0.29, 0.717) is 18.5 Å². The Morgan fingerprint density at radius 2 is 1.77 bits per heavy atom. The summed E-state index contributed by atoms with van der Waals surface area (Å²) in [6.45, 7) is 10.4. The number of piperazine rings is 1. The van der Waals surface area contributed by atoms with Crippen LogP contribution in [0.5, 0.6) is 5.75 Å². The second-order valence-electron chi connectivity index (χ2n) is 7.92. The van der Waals surface area contributed by atoms with Crippen LogP contribution in [0.2, 0.25) is 0 Å². The Bertz CT molecular complexity index is 561. The summed E-state index contributed by atoms with van der Waals surface area (Å²) in [6, 6.07) is 8.84. The predicted molar refractivity (Wildman–Crippen MR) is 107 cm³/mol. The van der Waals surface area contributed by atoms with Gasteiger partial charge in [0.2, 0.25) is 5.91 Å². The zero-order valence-electron chi connectivity index (χ0n) is 17.2. The Morgan fingerprint density at radius 1 is 1.19 bits per heavy atom. The molecule has 1 aromatic rings. The summed E-state index contributed by atoms with van der Waals surface area (Å²) in [5.41, 5.74) is 1.19. The van der Waals surface area contributed by atoms with Crippen molar-refractivity contribution in [1.82, 2.24) is 14.7 Å². The highest BCUT2D eigenvalue weighted by molar-refractivity contribution is 5.77. The Balaban J connectivity index is 1.91. The van der Waals surface area contributed by atoms with Gasteiger partial charge in [0.1, 0.15) is 5.75 Å². The van der Waals surface area contributed by atoms with E-state index in [9.17, 15) is 4.79 Å². The minimum Gasteiger partial charge on any atom is -0.497 e. The van der Waals surface area contributed by atoms with Crippen molar-refractivity contribution in [3.05, 3.63) is 29.8 Å². The average Bonchev–Trinajstić information content (AvgIpc) is 2.60. The number of carbonyl (C=O) groups is 1. The van der Waals surface area contributed by atoms with E-state index in [2.05, 4.69) is 61.7 Å². The molecule has 146 valence electrons. The molecule has 0 spiro atoms. The topological polar surface area (TPSA) is 36.0 Å². The van der Waals surface area contributed by atoms with Crippen LogP contribution in [0.3, 0.4) is 0 Å². The lowest BCUT2D eigenvalue weighted by atomic mass is 9.96. The molecular formula is C21H35N3O2. The van der Waals surface area contributed by atoms with Crippen molar-refractivity contribution in [2.75, 3.05) is 47.4 Å². The molecule has 5 heteroatoms. The van der Waals surface area contributed by atoms with Gasteiger partial charge in [-0.1, -0.05) is 19.1 Å². The lowest BCUT2D eigenvalue weighted by Gasteiger charge is -2.45. The molecule has 1 aliphatic heterocycles. The van der Waals surface area contributed by atoms with Gasteiger partial charge in [0.05, 0.1) is 7.11 Å². The molecule has 26 heavy (non-hydrogen) atoms. The number of carbonyl (C=O) groups excluding carboxylic acids is 1. The lowest BCUT2D eigenvalue weighted by Crippen LogP contribution is -2.59. The van der Waals surface area contributed by atoms with E-state index in [1.165, 1.54) is 5.56 Å². The first-order valence-electron chi connectivity index (χ1n) is 9.64. The largest absolute Gasteiger partial charge is 0.497 e. The van der Waals surface area contributed by atoms with E-state index in [0.717, 1.165) is 31.9 Å². The number of hydrogen-bond acceptors (Lipinski definition) is 4. The van der Waals surface area contributed by atoms with Crippen LogP contribution in [0.1, 0.15) is 38.7 Å². The quantitative estimate of drug-likeness (QED) is 0.748. The SMILES string of the molecule is COc1ccc(C(C)CC(=O)N2CC(C)N(CCN(C)C)C(C)C2)cc1. The smallest absolute Gasteiger partial charge is 0.223 e. The van der Waals surface area contributed by atoms with E-state index < -0.39 is 0 Å². The summed E-state index contributed by atoms with van der Waals surface area (Å²) in [7, 11) is 5.88. The maximum atomic E-state index is 12.8. The van der Waals surface area contributed by atoms with E-state index in [1.54, 1.807) is 7.11 Å². The molecule has 3 unspecified atom stereocenters. The van der Waals surface area contributed by atoms with Crippen LogP contribution < -0.4 is 4.74 Å². The molecule has 0 saturated carbocycles. The Labute approximate surface area is 158 Å². The third-order valence-corrected chi connectivity index (χ3v) is 5.43. The van der Waals surface area contributed by atoms with Crippen molar-refractivity contribution in [2.45, 2.75) is 45.2 Å². The van der Waals surface area contributed by atoms with Gasteiger partial charge >= 0.3 is 0 Å². The third kappa shape index (κ3) is 5.45. The summed E-state index contributed by atoms with van der Waals surface area (Å²) in [5, 5.41) is 0. The number of hydrogen-bond donors (Lipinski definition) is 0. The van der Waals surface area contributed by atoms with Gasteiger partial charge in [0, 0.05) is 44.7 Å². The Hall–Kier alpha value is -1.59. The number of likely N-dealkylation sites (N-methyl/N-ethyl adjacent to an activating group) is 1. The fraction of sp³-hybridized carbons (Fsp3) is 0.667. The maximum absolute atomic E-state index is 12.8. The van der Waals surface area contributed by atoms with Crippen LogP contribution in [0.15, 0.2) is 24.3 Å². The van der Waals surface area contributed by atoms with Gasteiger partial charge in [-0.15, -0.1) is 0 Å². The molecule has 1 saturated heterocycles. The van der Waals surface area contributed by atoms with E-state index in [4.69, 9.17) is 4.74 Å². The van der Waals surface area contributed by atoms with E-state index in [1.807, 2.05) is 12.1 Å². The highest BCUT2D eigenvalue weighted by Gasteiger charge is 2.31. The monoisotopic (exact) mass is 361 g/mol. The maximum Gasteiger partial charge on any atom is 0.223 e. The first-order valence-corrected chi connectivity index (χ1v) is 9.64. The number of benzene rings is 1. The van der Waals surface area contributed by atoms with Crippen LogP contribution in [0, 0.1) is 0 Å². The van der Waals surface area contributed by atoms with Crippen molar-refractivity contribution in [3.8, 4) is 5.75 Å². The van der Waals surface area contributed by atoms with Crippen molar-refractivity contribution >= 4 is 5.91 Å². The van der Waals surface area contributed by atoms with Gasteiger partial charge in [-0.25, -0.2) is 0 Å². The number of amides is 1. The number of ether oxygens (including phenoxy) is 1. The summed E-state index contributed by atoms with van der Waals surface area (Å²) in [4.78, 5) is 19.6. The fourth-order valence-corrected chi connectivity index (χ4v) is 3.76. The predicted octanol–water partition coefficient (Wildman–Crippen LogP) is 2.67. The standard InChI is InChI=1S/C21H35N3O2/c1-16(19-7-9-20(26-6)10-8-19)13-21(25)23-14-17(2)24(18(3)15-23)12-11-22(4)5/h7-10,16-18H,11-15H2,1-6H3. The molecule has 0 N–H and O–H groups in total. The van der Waals surface area contributed by atoms with Gasteiger partial charge in [0.15, 0.2) is 0 Å². The van der Waals surface area contributed by atoms with Crippen molar-refractivity contribution in [3.63, 3.8) is 0 Å². The second-order valence-corrected chi connectivity index (χ2v) is 7.92. The first-order chi connectivity index (χ1) is 12.3. The first kappa shape index (κ1) is 20.7. The molecule has 1 aliphatic rings. The van der Waals surface area contributed by atoms with Gasteiger partial charge < -0.3 is 14.5 Å². The van der Waals surface area contributed by atoms with Crippen LogP contribution in [0.4, 0.5) is 0 Å². The number of methoxy groups -OCH3 is 1. The Morgan fingerprint density at radius 3 is 2.27 bits per heavy atom. The van der Waals surface area contributed by atoms with Crippen LogP contribution in [-0.4, -0.2) is 80.1 Å². The summed E-state index contributed by atoms with van der Waals surface area (Å²) in [6.07, 6.45) is 0.559. The molecule has 0 radical (unpaired) electrons. The summed E-state index contributed by atoms with van der Waals surface area (Å²) < 4.78 is 5.21. The molecule has 0 aliphatic carbocycles. The molecule has 0 aromatic heterocycles. The minimum absolute atomic E-state index is 0.214. The van der Waals surface area contributed by atoms with Crippen molar-refractivity contribution < 1.29 is 9.53 Å². The molecule has 1 heterocycles. The number of rotatable bonds is 7. The second kappa shape index (κ2) is 9.38. The minimum atomic E-state index is 0.214. The fourth-order valence-electron chi connectivity index (χ4n) is 3.76. The molecule has 0 bridgehead atoms. The van der Waals surface area contributed by atoms with Gasteiger partial charge in [-0.3, -0.25) is 9.69 Å². The van der Waals surface area contributed by atoms with Crippen LogP contribution in [0.25, 0.3) is 0 Å². The van der Waals surface area contributed by atoms with E-state index >= 15 is 0 Å². The van der Waals surface area contributed by atoms with Crippen molar-refractivity contribution in [2.24, 2.45) is 0 Å². The summed E-state index contributed by atoms with van der Waals surface area (Å²) in [5.74, 6) is 1.33. The van der Waals surface area contributed by atoms with E-state index in [-0.39, 0.29) is 11.8 Å². The molecule has 5 nitrogen and oxygen atoms in total. The Kier molecular flexibility index (Phi) is 7.47. The number of nitrogens with zero attached hydrogens (tertiary/aromatic N) is 3. The average molecular weight is 362 g/mol. The zero-order chi connectivity index (χ0) is 19.3. The van der Waals surface area contributed by atoms with Crippen LogP contribution in [-0.2, 0) is 4.79 Å². The molecular weight excluding hydrogens is 326 g/mol. The van der Waals surface area contributed by atoms with Crippen molar-refractivity contribution in [1.29, 1.82) is 0 Å². The zero-order valence-corrected chi connectivity index (χ0v) is 17.2. The molecule has 1 amide bonds. The van der Waals surface area contributed by atoms with Gasteiger partial charge in [-0.05, 0) is 51.6 Å². The normalized spacial score (nSPS) is 22.5. The van der Waals surface area contributed by atoms with Gasteiger partial charge in [-0.2, -0.15) is 0 Å². The summed E-state index contributed by atoms with van der Waals surface area (Å²) >= 11 is 0. The molecule has 1 fully saturated rings. The molecule has 1 aromatic carbocycles. The third-order valence-electron chi connectivity index (χ3n) is 5.43. The molecule has 2 rings (SSSR count). The van der Waals surface area contributed by atoms with Crippen LogP contribution >= 0.6 is 0 Å². The highest BCUT2D eigenvalue weighted by atomic mass is 16.5. The van der Waals surface area contributed by atoms with Gasteiger partial charge in [0.25, 0.3) is 0 Å². The highest BCUT2D eigenvalue weighted by Crippen LogP contribution is 2.24. The lowest BCUT2D eigenvalue weighted by molar-refractivity contribution is -0.136. The molecule has 3 atom stereocenters.